The summed E-state index contributed by atoms with van der Waals surface area (Å²) >= 11 is 0. The van der Waals surface area contributed by atoms with E-state index in [2.05, 4.69) is 0 Å². The molecule has 0 unspecified atom stereocenters. The van der Waals surface area contributed by atoms with E-state index in [1.54, 1.807) is 0 Å². The molecule has 13 N–H and O–H groups in total. The van der Waals surface area contributed by atoms with Gasteiger partial charge in [0.1, 0.15) is 91.6 Å². The molecule has 4 heterocycles. The Kier molecular flexibility index (Phi) is 14.5. The molecular weight excluding hydrogens is 672 g/mol. The maximum Gasteiger partial charge on any atom is 0.187 e. The smallest absolute Gasteiger partial charge is 0.187 e. The van der Waals surface area contributed by atoms with Gasteiger partial charge < -0.3 is 104 Å². The van der Waals surface area contributed by atoms with Crippen LogP contribution in [0.1, 0.15) is 20.8 Å². The molecule has 21 nitrogen and oxygen atoms in total. The van der Waals surface area contributed by atoms with Crippen molar-refractivity contribution in [2.24, 2.45) is 0 Å². The SMILES string of the molecule is C[C@@H]1O[C@@H](O[C@H]([C@H](O)[C@H](CO)O[C@@H]2O[C@H](C)[C@@H](O)[C@H](O)[C@H]2O)[C@@H](C)O)[C@H](O)[C@H](O)[C@H]1O[C@@H]1OC[C@@H](O)[C@H](O[C@@H]2OC[C@@H](O)[C@H](O)[C@H]2O)[C@H]1O. The van der Waals surface area contributed by atoms with Crippen LogP contribution in [0.25, 0.3) is 0 Å². The average Bonchev–Trinajstić information content (AvgIpc) is 3.06. The number of hydrogen-bond acceptors (Lipinski definition) is 21. The van der Waals surface area contributed by atoms with Crippen molar-refractivity contribution >= 4 is 0 Å². The summed E-state index contributed by atoms with van der Waals surface area (Å²) < 4.78 is 43.9. The van der Waals surface area contributed by atoms with E-state index in [0.29, 0.717) is 0 Å². The summed E-state index contributed by atoms with van der Waals surface area (Å²) in [6, 6.07) is 0. The zero-order valence-electron chi connectivity index (χ0n) is 26.9. The van der Waals surface area contributed by atoms with Gasteiger partial charge in [-0.2, -0.15) is 0 Å². The molecule has 4 aliphatic rings. The van der Waals surface area contributed by atoms with Gasteiger partial charge in [-0.05, 0) is 20.8 Å². The molecule has 0 aromatic rings. The third-order valence-electron chi connectivity index (χ3n) is 9.02. The molecule has 49 heavy (non-hydrogen) atoms. The number of ether oxygens (including phenoxy) is 8. The minimum Gasteiger partial charge on any atom is -0.394 e. The summed E-state index contributed by atoms with van der Waals surface area (Å²) in [7, 11) is 0. The lowest BCUT2D eigenvalue weighted by Gasteiger charge is -2.46. The summed E-state index contributed by atoms with van der Waals surface area (Å²) in [6.45, 7) is 2.20. The fourth-order valence-electron chi connectivity index (χ4n) is 5.95. The number of rotatable bonds is 12. The molecule has 288 valence electrons. The van der Waals surface area contributed by atoms with Gasteiger partial charge in [-0.3, -0.25) is 0 Å². The first-order valence-electron chi connectivity index (χ1n) is 15.9. The first-order chi connectivity index (χ1) is 23.0. The van der Waals surface area contributed by atoms with E-state index in [4.69, 9.17) is 37.9 Å². The fraction of sp³-hybridized carbons (Fsp3) is 1.00. The lowest BCUT2D eigenvalue weighted by Crippen LogP contribution is -2.64. The predicted octanol–water partition coefficient (Wildman–Crippen LogP) is -7.93. The van der Waals surface area contributed by atoms with E-state index in [0.717, 1.165) is 0 Å². The van der Waals surface area contributed by atoms with E-state index < -0.39 is 155 Å². The molecular formula is C28H50O21. The second-order valence-corrected chi connectivity index (χ2v) is 12.8. The Morgan fingerprint density at radius 1 is 0.571 bits per heavy atom. The van der Waals surface area contributed by atoms with Gasteiger partial charge in [-0.1, -0.05) is 0 Å². The van der Waals surface area contributed by atoms with Crippen molar-refractivity contribution < 1.29 is 104 Å². The van der Waals surface area contributed by atoms with E-state index in [9.17, 15) is 66.4 Å². The third-order valence-corrected chi connectivity index (χ3v) is 9.02. The summed E-state index contributed by atoms with van der Waals surface area (Å²) in [5.74, 6) is 0. The van der Waals surface area contributed by atoms with Crippen LogP contribution in [0.15, 0.2) is 0 Å². The lowest BCUT2D eigenvalue weighted by atomic mass is 9.98. The summed E-state index contributed by atoms with van der Waals surface area (Å²) in [5, 5.41) is 135. The Balaban J connectivity index is 1.38. The molecule has 4 aliphatic heterocycles. The highest BCUT2D eigenvalue weighted by Gasteiger charge is 2.52. The number of hydrogen-bond donors (Lipinski definition) is 13. The minimum atomic E-state index is -1.92. The zero-order valence-corrected chi connectivity index (χ0v) is 26.9. The maximum atomic E-state index is 11.0. The van der Waals surface area contributed by atoms with Crippen LogP contribution in [-0.4, -0.2) is 221 Å². The molecule has 0 radical (unpaired) electrons. The molecule has 4 saturated heterocycles. The van der Waals surface area contributed by atoms with Crippen molar-refractivity contribution in [3.8, 4) is 0 Å². The van der Waals surface area contributed by atoms with Crippen molar-refractivity contribution in [3.63, 3.8) is 0 Å². The van der Waals surface area contributed by atoms with Crippen molar-refractivity contribution in [1.82, 2.24) is 0 Å². The molecule has 0 aliphatic carbocycles. The third kappa shape index (κ3) is 9.04. The molecule has 21 heteroatoms. The van der Waals surface area contributed by atoms with Crippen LogP contribution in [-0.2, 0) is 37.9 Å². The largest absolute Gasteiger partial charge is 0.394 e. The van der Waals surface area contributed by atoms with Crippen LogP contribution in [0.3, 0.4) is 0 Å². The Labute approximate surface area is 280 Å². The first kappa shape index (κ1) is 40.9. The Morgan fingerprint density at radius 2 is 1.08 bits per heavy atom. The normalized spacial score (nSPS) is 49.2. The van der Waals surface area contributed by atoms with Gasteiger partial charge in [0.25, 0.3) is 0 Å². The van der Waals surface area contributed by atoms with E-state index in [1.165, 1.54) is 20.8 Å². The quantitative estimate of drug-likeness (QED) is 0.0889. The van der Waals surface area contributed by atoms with Gasteiger partial charge in [0.2, 0.25) is 0 Å². The van der Waals surface area contributed by atoms with Gasteiger partial charge in [-0.15, -0.1) is 0 Å². The van der Waals surface area contributed by atoms with Gasteiger partial charge in [0, 0.05) is 0 Å². The van der Waals surface area contributed by atoms with Crippen LogP contribution in [0.4, 0.5) is 0 Å². The van der Waals surface area contributed by atoms with Gasteiger partial charge in [0.05, 0.1) is 38.1 Å². The van der Waals surface area contributed by atoms with Gasteiger partial charge in [0.15, 0.2) is 25.2 Å². The monoisotopic (exact) mass is 722 g/mol. The molecule has 22 atom stereocenters. The Hall–Kier alpha value is -0.840. The highest BCUT2D eigenvalue weighted by Crippen LogP contribution is 2.32. The summed E-state index contributed by atoms with van der Waals surface area (Å²) in [4.78, 5) is 0. The number of aliphatic hydroxyl groups excluding tert-OH is 13. The second-order valence-electron chi connectivity index (χ2n) is 12.8. The molecule has 4 fully saturated rings. The molecule has 4 rings (SSSR count). The molecule has 0 amide bonds. The highest BCUT2D eigenvalue weighted by atomic mass is 16.8. The fourth-order valence-corrected chi connectivity index (χ4v) is 5.95. The van der Waals surface area contributed by atoms with E-state index in [-0.39, 0.29) is 0 Å². The van der Waals surface area contributed by atoms with Crippen LogP contribution >= 0.6 is 0 Å². The van der Waals surface area contributed by atoms with Crippen LogP contribution in [0, 0.1) is 0 Å². The minimum absolute atomic E-state index is 0.407. The molecule has 0 saturated carbocycles. The summed E-state index contributed by atoms with van der Waals surface area (Å²) in [5.41, 5.74) is 0. The molecule has 0 aromatic heterocycles. The van der Waals surface area contributed by atoms with E-state index in [1.807, 2.05) is 0 Å². The predicted molar refractivity (Wildman–Crippen MR) is 152 cm³/mol. The van der Waals surface area contributed by atoms with Crippen molar-refractivity contribution in [3.05, 3.63) is 0 Å². The highest BCUT2D eigenvalue weighted by molar-refractivity contribution is 4.94. The van der Waals surface area contributed by atoms with Crippen molar-refractivity contribution in [2.75, 3.05) is 19.8 Å². The van der Waals surface area contributed by atoms with Crippen LogP contribution in [0.5, 0.6) is 0 Å². The maximum absolute atomic E-state index is 11.0. The molecule has 0 aromatic carbocycles. The lowest BCUT2D eigenvalue weighted by molar-refractivity contribution is -0.368. The second kappa shape index (κ2) is 17.3. The van der Waals surface area contributed by atoms with Crippen molar-refractivity contribution in [2.45, 2.75) is 156 Å². The standard InChI is InChI=1S/C28H50O21/c1-7(30)22(15(35)12(4-29)46-27-19(39)16(36)13(33)8(2)44-27)47-28-20(40)17(37)23(9(3)45-28)48-26-21(41)24(11(32)6-43-26)49-25-18(38)14(34)10(31)5-42-25/h7-41H,4-6H2,1-3H3/t7-,8-,9+,10-,11-,12+,13-,14+,15-,16+,17+,18-,19-,20-,21-,22+,23+,24+,25+,26+,27+,28+/m1/s1. The summed E-state index contributed by atoms with van der Waals surface area (Å²) in [6.07, 6.45) is -34.9. The molecule has 0 bridgehead atoms. The number of aliphatic hydroxyl groups is 13. The van der Waals surface area contributed by atoms with Crippen LogP contribution < -0.4 is 0 Å². The topological polar surface area (TPSA) is 337 Å². The Bertz CT molecular complexity index is 1010. The first-order valence-corrected chi connectivity index (χ1v) is 15.9. The van der Waals surface area contributed by atoms with Gasteiger partial charge >= 0.3 is 0 Å². The average molecular weight is 723 g/mol. The van der Waals surface area contributed by atoms with Crippen LogP contribution in [0.2, 0.25) is 0 Å². The molecule has 0 spiro atoms. The van der Waals surface area contributed by atoms with E-state index >= 15 is 0 Å². The zero-order chi connectivity index (χ0) is 36.5. The van der Waals surface area contributed by atoms with Gasteiger partial charge in [-0.25, -0.2) is 0 Å². The Morgan fingerprint density at radius 3 is 1.69 bits per heavy atom. The van der Waals surface area contributed by atoms with Crippen molar-refractivity contribution in [1.29, 1.82) is 0 Å².